The van der Waals surface area contributed by atoms with E-state index in [-0.39, 0.29) is 5.82 Å². The summed E-state index contributed by atoms with van der Waals surface area (Å²) in [5.41, 5.74) is 5.85. The molecule has 1 aliphatic heterocycles. The Bertz CT molecular complexity index is 771. The van der Waals surface area contributed by atoms with E-state index >= 15 is 0 Å². The third-order valence-electron chi connectivity index (χ3n) is 3.14. The second kappa shape index (κ2) is 7.91. The molecular weight excluding hydrogens is 386 g/mol. The van der Waals surface area contributed by atoms with Crippen molar-refractivity contribution in [3.8, 4) is 0 Å². The third-order valence-corrected chi connectivity index (χ3v) is 5.16. The highest BCUT2D eigenvalue weighted by Gasteiger charge is 2.45. The molecule has 0 amide bonds. The molecule has 1 aliphatic rings. The number of hydrogen-bond donors (Lipinski definition) is 5. The standard InChI is InChI=1S/C9H14N4O10P2/c10-12-5-1-2-13(9(16)11-5)8-7(15)6(14)4(22-8)3-21-25(19,20)23-24(17)18/h1-2,4,6-8,10,14-15,24H,3H2,(H,17,18)(H,19,20)/t4-,6-,7-,8-/m1/s1. The molecule has 2 rings (SSSR count). The van der Waals surface area contributed by atoms with Gasteiger partial charge in [0.1, 0.15) is 18.3 Å². The summed E-state index contributed by atoms with van der Waals surface area (Å²) in [7, 11) is -8.61. The van der Waals surface area contributed by atoms with Crippen LogP contribution in [0, 0.1) is 5.53 Å². The number of phosphoric ester groups is 1. The van der Waals surface area contributed by atoms with Gasteiger partial charge in [0.25, 0.3) is 0 Å². The van der Waals surface area contributed by atoms with Gasteiger partial charge in [0.05, 0.1) is 6.61 Å². The van der Waals surface area contributed by atoms with Gasteiger partial charge in [-0.3, -0.25) is 13.7 Å². The molecule has 2 unspecified atom stereocenters. The maximum atomic E-state index is 11.8. The average molecular weight is 400 g/mol. The van der Waals surface area contributed by atoms with Crippen molar-refractivity contribution in [2.75, 3.05) is 6.61 Å². The quantitative estimate of drug-likeness (QED) is 0.277. The van der Waals surface area contributed by atoms with E-state index in [9.17, 15) is 24.1 Å². The van der Waals surface area contributed by atoms with Gasteiger partial charge in [-0.1, -0.05) is 0 Å². The zero-order chi connectivity index (χ0) is 18.8. The topological polar surface area (TPSA) is 214 Å². The van der Waals surface area contributed by atoms with Crippen molar-refractivity contribution < 1.29 is 42.7 Å². The van der Waals surface area contributed by atoms with E-state index in [4.69, 9.17) is 20.1 Å². The number of aromatic nitrogens is 2. The van der Waals surface area contributed by atoms with Crippen LogP contribution in [0.5, 0.6) is 0 Å². The lowest BCUT2D eigenvalue weighted by atomic mass is 10.1. The molecule has 1 aromatic rings. The fourth-order valence-corrected chi connectivity index (χ4v) is 3.38. The fraction of sp³-hybridized carbons (Fsp3) is 0.556. The molecule has 1 aromatic heterocycles. The Balaban J connectivity index is 2.10. The lowest BCUT2D eigenvalue weighted by Crippen LogP contribution is -2.36. The fourth-order valence-electron chi connectivity index (χ4n) is 2.05. The van der Waals surface area contributed by atoms with Crippen LogP contribution in [0.25, 0.3) is 0 Å². The Morgan fingerprint density at radius 1 is 1.48 bits per heavy atom. The summed E-state index contributed by atoms with van der Waals surface area (Å²) in [6.07, 6.45) is -4.83. The third kappa shape index (κ3) is 4.85. The lowest BCUT2D eigenvalue weighted by Gasteiger charge is -2.17. The summed E-state index contributed by atoms with van der Waals surface area (Å²) in [5.74, 6) is -0.174. The smallest absolute Gasteiger partial charge is 0.387 e. The highest BCUT2D eigenvalue weighted by Crippen LogP contribution is 2.51. The van der Waals surface area contributed by atoms with Crippen LogP contribution < -0.4 is 5.69 Å². The zero-order valence-electron chi connectivity index (χ0n) is 12.2. The first-order valence-electron chi connectivity index (χ1n) is 6.52. The minimum absolute atomic E-state index is 0.174. The van der Waals surface area contributed by atoms with E-state index in [2.05, 4.69) is 18.9 Å². The van der Waals surface area contributed by atoms with Crippen molar-refractivity contribution in [3.63, 3.8) is 0 Å². The molecule has 2 heterocycles. The summed E-state index contributed by atoms with van der Waals surface area (Å²) >= 11 is 0. The molecule has 0 saturated carbocycles. The molecule has 0 radical (unpaired) electrons. The molecule has 6 atom stereocenters. The van der Waals surface area contributed by atoms with Gasteiger partial charge in [0.15, 0.2) is 12.0 Å². The summed E-state index contributed by atoms with van der Waals surface area (Å²) in [6.45, 7) is -0.778. The second-order valence-corrected chi connectivity index (χ2v) is 7.21. The van der Waals surface area contributed by atoms with Gasteiger partial charge in [-0.05, 0) is 0 Å². The van der Waals surface area contributed by atoms with Crippen molar-refractivity contribution >= 4 is 21.9 Å². The van der Waals surface area contributed by atoms with Crippen molar-refractivity contribution in [3.05, 3.63) is 22.7 Å². The monoisotopic (exact) mass is 400 g/mol. The number of nitrogens with zero attached hydrogens (tertiary/aromatic N) is 3. The number of rotatable bonds is 7. The van der Waals surface area contributed by atoms with Crippen molar-refractivity contribution in [2.24, 2.45) is 5.11 Å². The maximum absolute atomic E-state index is 11.8. The Morgan fingerprint density at radius 2 is 2.16 bits per heavy atom. The molecule has 1 fully saturated rings. The van der Waals surface area contributed by atoms with Gasteiger partial charge in [-0.25, -0.2) is 19.2 Å². The van der Waals surface area contributed by atoms with Crippen LogP contribution in [0.1, 0.15) is 6.23 Å². The van der Waals surface area contributed by atoms with Gasteiger partial charge < -0.3 is 24.7 Å². The Kier molecular flexibility index (Phi) is 6.32. The molecule has 0 aliphatic carbocycles. The predicted molar refractivity (Wildman–Crippen MR) is 77.3 cm³/mol. The van der Waals surface area contributed by atoms with E-state index < -0.39 is 52.9 Å². The first-order chi connectivity index (χ1) is 11.6. The highest BCUT2D eigenvalue weighted by atomic mass is 31.2. The molecule has 5 N–H and O–H groups in total. The normalized spacial score (nSPS) is 29.9. The first-order valence-corrected chi connectivity index (χ1v) is 9.28. The summed E-state index contributed by atoms with van der Waals surface area (Å²) < 4.78 is 36.0. The molecule has 16 heteroatoms. The molecule has 25 heavy (non-hydrogen) atoms. The van der Waals surface area contributed by atoms with E-state index in [1.165, 1.54) is 6.07 Å². The Labute approximate surface area is 139 Å². The number of nitrogens with one attached hydrogen (secondary N) is 1. The zero-order valence-corrected chi connectivity index (χ0v) is 14.1. The van der Waals surface area contributed by atoms with E-state index in [1.54, 1.807) is 0 Å². The number of hydrogen-bond acceptors (Lipinski definition) is 11. The Hall–Kier alpha value is -1.34. The van der Waals surface area contributed by atoms with Crippen molar-refractivity contribution in [2.45, 2.75) is 24.5 Å². The highest BCUT2D eigenvalue weighted by molar-refractivity contribution is 7.55. The minimum Gasteiger partial charge on any atom is -0.387 e. The predicted octanol–water partition coefficient (Wildman–Crippen LogP) is -0.959. The maximum Gasteiger partial charge on any atom is 0.479 e. The van der Waals surface area contributed by atoms with Crippen LogP contribution in [-0.4, -0.2) is 54.5 Å². The molecule has 0 aromatic carbocycles. The van der Waals surface area contributed by atoms with Gasteiger partial charge >= 0.3 is 21.8 Å². The molecule has 14 nitrogen and oxygen atoms in total. The van der Waals surface area contributed by atoms with E-state index in [0.29, 0.717) is 0 Å². The number of aliphatic hydroxyl groups is 2. The average Bonchev–Trinajstić information content (AvgIpc) is 2.80. The summed E-state index contributed by atoms with van der Waals surface area (Å²) in [4.78, 5) is 32.9. The number of ether oxygens (including phenoxy) is 1. The largest absolute Gasteiger partial charge is 0.479 e. The van der Waals surface area contributed by atoms with Crippen LogP contribution in [0.4, 0.5) is 5.82 Å². The van der Waals surface area contributed by atoms with E-state index in [0.717, 1.165) is 10.8 Å². The van der Waals surface area contributed by atoms with Crippen LogP contribution in [0.15, 0.2) is 22.2 Å². The minimum atomic E-state index is -4.86. The summed E-state index contributed by atoms with van der Waals surface area (Å²) in [5, 5.41) is 22.8. The molecule has 140 valence electrons. The molecule has 0 bridgehead atoms. The number of aliphatic hydroxyl groups excluding tert-OH is 2. The molecular formula is C9H14N4O10P2. The molecule has 0 spiro atoms. The number of phosphoric acid groups is 1. The van der Waals surface area contributed by atoms with Gasteiger partial charge in [0.2, 0.25) is 0 Å². The Morgan fingerprint density at radius 3 is 2.72 bits per heavy atom. The van der Waals surface area contributed by atoms with Crippen molar-refractivity contribution in [1.82, 2.24) is 9.55 Å². The van der Waals surface area contributed by atoms with Crippen molar-refractivity contribution in [1.29, 1.82) is 5.53 Å². The SMILES string of the molecule is N=Nc1ccn([C@@H]2O[C@H](COP(=O)(O)O[PH](=O)O)[C@@H](O)[C@H]2O)c(=O)n1. The van der Waals surface area contributed by atoms with Gasteiger partial charge in [-0.2, -0.15) is 4.98 Å². The van der Waals surface area contributed by atoms with Crippen LogP contribution in [0.3, 0.4) is 0 Å². The van der Waals surface area contributed by atoms with Crippen LogP contribution in [0.2, 0.25) is 0 Å². The second-order valence-electron chi connectivity index (χ2n) is 4.76. The van der Waals surface area contributed by atoms with Gasteiger partial charge in [0, 0.05) is 12.3 Å². The van der Waals surface area contributed by atoms with Crippen LogP contribution in [-0.2, 0) is 22.7 Å². The van der Waals surface area contributed by atoms with E-state index in [1.807, 2.05) is 0 Å². The van der Waals surface area contributed by atoms with Crippen LogP contribution >= 0.6 is 16.1 Å². The summed E-state index contributed by atoms with van der Waals surface area (Å²) in [6, 6.07) is 1.19. The van der Waals surface area contributed by atoms with Gasteiger partial charge in [-0.15, -0.1) is 5.11 Å². The molecule has 1 saturated heterocycles. The first kappa shape index (κ1) is 20.0. The lowest BCUT2D eigenvalue weighted by molar-refractivity contribution is -0.0539.